The van der Waals surface area contributed by atoms with Gasteiger partial charge in [-0.3, -0.25) is 4.79 Å². The highest BCUT2D eigenvalue weighted by Crippen LogP contribution is 2.31. The highest BCUT2D eigenvalue weighted by Gasteiger charge is 2.28. The van der Waals surface area contributed by atoms with Crippen LogP contribution in [0.25, 0.3) is 0 Å². The summed E-state index contributed by atoms with van der Waals surface area (Å²) in [6, 6.07) is 0.312. The van der Waals surface area contributed by atoms with E-state index in [1.54, 1.807) is 0 Å². The Hall–Kier alpha value is -1.01. The van der Waals surface area contributed by atoms with Gasteiger partial charge in [0.1, 0.15) is 0 Å². The van der Waals surface area contributed by atoms with Crippen LogP contribution in [0, 0.1) is 5.92 Å². The van der Waals surface area contributed by atoms with E-state index in [1.807, 2.05) is 0 Å². The molecule has 134 valence electrons. The van der Waals surface area contributed by atoms with Crippen LogP contribution >= 0.6 is 12.4 Å². The summed E-state index contributed by atoms with van der Waals surface area (Å²) >= 11 is 0. The number of amides is 3. The van der Waals surface area contributed by atoms with Gasteiger partial charge in [-0.2, -0.15) is 0 Å². The molecule has 3 amide bonds. The molecule has 2 rings (SSSR count). The summed E-state index contributed by atoms with van der Waals surface area (Å²) in [5.41, 5.74) is 5.93. The predicted molar refractivity (Wildman–Crippen MR) is 93.6 cm³/mol. The number of nitrogens with one attached hydrogen (secondary N) is 3. The lowest BCUT2D eigenvalue weighted by Crippen LogP contribution is -2.43. The van der Waals surface area contributed by atoms with Crippen LogP contribution < -0.4 is 21.7 Å². The zero-order valence-electron chi connectivity index (χ0n) is 13.8. The topological polar surface area (TPSA) is 96.2 Å². The number of carbonyl (C=O) groups excluding carboxylic acids is 2. The van der Waals surface area contributed by atoms with Crippen LogP contribution in [0.3, 0.4) is 0 Å². The normalized spacial score (nSPS) is 19.3. The molecule has 0 aliphatic heterocycles. The van der Waals surface area contributed by atoms with Gasteiger partial charge in [-0.25, -0.2) is 4.79 Å². The lowest BCUT2D eigenvalue weighted by Gasteiger charge is -2.22. The first-order chi connectivity index (χ1) is 10.6. The summed E-state index contributed by atoms with van der Waals surface area (Å²) in [7, 11) is 0. The first-order valence-corrected chi connectivity index (χ1v) is 8.72. The van der Waals surface area contributed by atoms with Crippen LogP contribution in [0.15, 0.2) is 0 Å². The Labute approximate surface area is 145 Å². The van der Waals surface area contributed by atoms with Crippen molar-refractivity contribution in [3.8, 4) is 0 Å². The average Bonchev–Trinajstić information content (AvgIpc) is 3.35. The summed E-state index contributed by atoms with van der Waals surface area (Å²) in [6.45, 7) is 1.10. The standard InChI is InChI=1S/C16H30N4O2.ClH/c17-14(12-8-9-12)11-19-15(21)7-4-10-18-16(22)20-13-5-2-1-3-6-13;/h12-14H,1-11,17H2,(H,19,21)(H2,18,20,22);1H. The Bertz CT molecular complexity index is 371. The quantitative estimate of drug-likeness (QED) is 0.503. The minimum atomic E-state index is -0.108. The third-order valence-electron chi connectivity index (χ3n) is 4.57. The van der Waals surface area contributed by atoms with Crippen LogP contribution in [0.1, 0.15) is 57.8 Å². The van der Waals surface area contributed by atoms with Crippen molar-refractivity contribution < 1.29 is 9.59 Å². The number of carbonyl (C=O) groups is 2. The van der Waals surface area contributed by atoms with Crippen LogP contribution in [0.5, 0.6) is 0 Å². The fourth-order valence-corrected chi connectivity index (χ4v) is 2.95. The van der Waals surface area contributed by atoms with Gasteiger partial charge < -0.3 is 21.7 Å². The van der Waals surface area contributed by atoms with Crippen molar-refractivity contribution in [2.45, 2.75) is 69.9 Å². The zero-order valence-corrected chi connectivity index (χ0v) is 14.6. The molecule has 23 heavy (non-hydrogen) atoms. The maximum Gasteiger partial charge on any atom is 0.315 e. The molecule has 0 aromatic rings. The molecule has 0 aromatic heterocycles. The zero-order chi connectivity index (χ0) is 15.8. The lowest BCUT2D eigenvalue weighted by atomic mass is 9.96. The highest BCUT2D eigenvalue weighted by atomic mass is 35.5. The van der Waals surface area contributed by atoms with Crippen molar-refractivity contribution in [2.24, 2.45) is 11.7 Å². The van der Waals surface area contributed by atoms with Crippen LogP contribution in [0.4, 0.5) is 4.79 Å². The molecule has 0 saturated heterocycles. The molecule has 2 aliphatic carbocycles. The van der Waals surface area contributed by atoms with Gasteiger partial charge in [0.05, 0.1) is 0 Å². The smallest absolute Gasteiger partial charge is 0.315 e. The second-order valence-corrected chi connectivity index (χ2v) is 6.64. The van der Waals surface area contributed by atoms with Crippen molar-refractivity contribution in [3.63, 3.8) is 0 Å². The van der Waals surface area contributed by atoms with E-state index in [0.29, 0.717) is 37.9 Å². The van der Waals surface area contributed by atoms with E-state index in [2.05, 4.69) is 16.0 Å². The first-order valence-electron chi connectivity index (χ1n) is 8.72. The Morgan fingerprint density at radius 2 is 1.74 bits per heavy atom. The second-order valence-electron chi connectivity index (χ2n) is 6.64. The van der Waals surface area contributed by atoms with Crippen molar-refractivity contribution in [1.82, 2.24) is 16.0 Å². The fraction of sp³-hybridized carbons (Fsp3) is 0.875. The molecule has 0 heterocycles. The first kappa shape index (κ1) is 20.0. The molecule has 2 aliphatic rings. The molecule has 1 unspecified atom stereocenters. The largest absolute Gasteiger partial charge is 0.355 e. The maximum atomic E-state index is 11.7. The Morgan fingerprint density at radius 3 is 2.39 bits per heavy atom. The molecule has 0 radical (unpaired) electrons. The molecular weight excluding hydrogens is 316 g/mol. The van der Waals surface area contributed by atoms with E-state index in [1.165, 1.54) is 32.1 Å². The lowest BCUT2D eigenvalue weighted by molar-refractivity contribution is -0.121. The van der Waals surface area contributed by atoms with E-state index in [4.69, 9.17) is 5.73 Å². The average molecular weight is 347 g/mol. The summed E-state index contributed by atoms with van der Waals surface area (Å²) in [5.74, 6) is 0.621. The summed E-state index contributed by atoms with van der Waals surface area (Å²) in [4.78, 5) is 23.4. The maximum absolute atomic E-state index is 11.7. The van der Waals surface area contributed by atoms with Crippen LogP contribution in [0.2, 0.25) is 0 Å². The van der Waals surface area contributed by atoms with Crippen LogP contribution in [-0.2, 0) is 4.79 Å². The summed E-state index contributed by atoms with van der Waals surface area (Å²) in [6.07, 6.45) is 9.31. The van der Waals surface area contributed by atoms with E-state index in [0.717, 1.165) is 12.8 Å². The number of rotatable bonds is 8. The van der Waals surface area contributed by atoms with Crippen molar-refractivity contribution in [3.05, 3.63) is 0 Å². The van der Waals surface area contributed by atoms with E-state index >= 15 is 0 Å². The Kier molecular flexibility index (Phi) is 9.33. The predicted octanol–water partition coefficient (Wildman–Crippen LogP) is 1.67. The van der Waals surface area contributed by atoms with Gasteiger partial charge in [-0.15, -0.1) is 12.4 Å². The van der Waals surface area contributed by atoms with Crippen molar-refractivity contribution in [1.29, 1.82) is 0 Å². The third-order valence-corrected chi connectivity index (χ3v) is 4.57. The van der Waals surface area contributed by atoms with Crippen molar-refractivity contribution >= 4 is 24.3 Å². The molecular formula is C16H31ClN4O2. The number of halogens is 1. The number of hydrogen-bond acceptors (Lipinski definition) is 3. The molecule has 2 saturated carbocycles. The molecule has 6 nitrogen and oxygen atoms in total. The van der Waals surface area contributed by atoms with E-state index in [9.17, 15) is 9.59 Å². The van der Waals surface area contributed by atoms with Gasteiger partial charge in [0.25, 0.3) is 0 Å². The van der Waals surface area contributed by atoms with Gasteiger partial charge >= 0.3 is 6.03 Å². The minimum Gasteiger partial charge on any atom is -0.355 e. The molecule has 2 fully saturated rings. The van der Waals surface area contributed by atoms with Gasteiger partial charge in [0.15, 0.2) is 0 Å². The third kappa shape index (κ3) is 8.42. The molecule has 0 spiro atoms. The molecule has 7 heteroatoms. The highest BCUT2D eigenvalue weighted by molar-refractivity contribution is 5.85. The molecule has 0 bridgehead atoms. The summed E-state index contributed by atoms with van der Waals surface area (Å²) in [5, 5.41) is 8.69. The molecule has 5 N–H and O–H groups in total. The van der Waals surface area contributed by atoms with Gasteiger partial charge in [-0.05, 0) is 38.0 Å². The van der Waals surface area contributed by atoms with Crippen LogP contribution in [-0.4, -0.2) is 37.1 Å². The SMILES string of the molecule is Cl.NC(CNC(=O)CCCNC(=O)NC1CCCCC1)C1CC1. The minimum absolute atomic E-state index is 0. The Balaban J connectivity index is 0.00000264. The second kappa shape index (κ2) is 10.7. The van der Waals surface area contributed by atoms with E-state index < -0.39 is 0 Å². The van der Waals surface area contributed by atoms with E-state index in [-0.39, 0.29) is 30.4 Å². The molecule has 1 atom stereocenters. The van der Waals surface area contributed by atoms with Gasteiger partial charge in [0.2, 0.25) is 5.91 Å². The number of urea groups is 1. The van der Waals surface area contributed by atoms with Gasteiger partial charge in [-0.1, -0.05) is 19.3 Å². The van der Waals surface area contributed by atoms with Crippen molar-refractivity contribution in [2.75, 3.05) is 13.1 Å². The summed E-state index contributed by atoms with van der Waals surface area (Å²) < 4.78 is 0. The Morgan fingerprint density at radius 1 is 1.04 bits per heavy atom. The van der Waals surface area contributed by atoms with Gasteiger partial charge in [0, 0.05) is 31.6 Å². The number of hydrogen-bond donors (Lipinski definition) is 4. The number of nitrogens with two attached hydrogens (primary N) is 1. The molecule has 0 aromatic carbocycles. The fourth-order valence-electron chi connectivity index (χ4n) is 2.95. The monoisotopic (exact) mass is 346 g/mol.